The Hall–Kier alpha value is -2.86. The molecule has 1 fully saturated rings. The first-order valence-corrected chi connectivity index (χ1v) is 8.95. The molecule has 0 unspecified atom stereocenters. The topological polar surface area (TPSA) is 62.2 Å². The Labute approximate surface area is 152 Å². The Morgan fingerprint density at radius 3 is 2.77 bits per heavy atom. The van der Waals surface area contributed by atoms with Crippen LogP contribution in [0.3, 0.4) is 0 Å². The minimum absolute atomic E-state index is 0.0296. The average molecular weight is 349 g/mol. The van der Waals surface area contributed by atoms with Gasteiger partial charge in [0.05, 0.1) is 18.3 Å². The van der Waals surface area contributed by atoms with Gasteiger partial charge in [-0.15, -0.1) is 0 Å². The molecule has 2 N–H and O–H groups in total. The number of carbonyl (C=O) groups is 1. The lowest BCUT2D eigenvalue weighted by molar-refractivity contribution is -0.115. The van der Waals surface area contributed by atoms with Gasteiger partial charge in [0.25, 0.3) is 0 Å². The van der Waals surface area contributed by atoms with Gasteiger partial charge in [-0.05, 0) is 23.8 Å². The Morgan fingerprint density at radius 1 is 1.19 bits per heavy atom. The fourth-order valence-corrected chi connectivity index (χ4v) is 3.49. The normalized spacial score (nSPS) is 14.6. The summed E-state index contributed by atoms with van der Waals surface area (Å²) in [7, 11) is 2.00. The summed E-state index contributed by atoms with van der Waals surface area (Å²) in [6.07, 6.45) is 4.11. The molecule has 134 valence electrons. The first-order chi connectivity index (χ1) is 12.7. The summed E-state index contributed by atoms with van der Waals surface area (Å²) in [5, 5.41) is 7.41. The maximum atomic E-state index is 12.5. The molecule has 0 spiro atoms. The molecule has 1 aliphatic heterocycles. The van der Waals surface area contributed by atoms with E-state index in [9.17, 15) is 4.79 Å². The lowest BCUT2D eigenvalue weighted by Gasteiger charge is -2.28. The molecule has 1 aromatic carbocycles. The standard InChI is InChI=1S/C20H23N5O/c1-24-14-15(17-4-2-3-5-18(17)24)12-20(26)23-16-6-7-19(22-13-16)25-10-8-21-9-11-25/h2-7,13-14,21H,8-12H2,1H3,(H,23,26). The maximum Gasteiger partial charge on any atom is 0.228 e. The molecule has 2 aromatic heterocycles. The molecule has 3 heterocycles. The van der Waals surface area contributed by atoms with Crippen molar-refractivity contribution in [2.75, 3.05) is 36.4 Å². The molecule has 0 radical (unpaired) electrons. The monoisotopic (exact) mass is 349 g/mol. The zero-order valence-corrected chi connectivity index (χ0v) is 14.9. The van der Waals surface area contributed by atoms with Crippen molar-refractivity contribution < 1.29 is 4.79 Å². The summed E-state index contributed by atoms with van der Waals surface area (Å²) >= 11 is 0. The second-order valence-corrected chi connectivity index (χ2v) is 6.65. The van der Waals surface area contributed by atoms with Gasteiger partial charge in [0.1, 0.15) is 5.82 Å². The van der Waals surface area contributed by atoms with Crippen molar-refractivity contribution in [3.05, 3.63) is 54.4 Å². The number of para-hydroxylation sites is 1. The highest BCUT2D eigenvalue weighted by Gasteiger charge is 2.13. The van der Waals surface area contributed by atoms with Crippen LogP contribution < -0.4 is 15.5 Å². The van der Waals surface area contributed by atoms with Gasteiger partial charge in [-0.2, -0.15) is 0 Å². The Balaban J connectivity index is 1.43. The number of aryl methyl sites for hydroxylation is 1. The van der Waals surface area contributed by atoms with Gasteiger partial charge in [-0.1, -0.05) is 18.2 Å². The van der Waals surface area contributed by atoms with Crippen molar-refractivity contribution in [1.29, 1.82) is 0 Å². The first-order valence-electron chi connectivity index (χ1n) is 8.95. The molecule has 26 heavy (non-hydrogen) atoms. The number of nitrogens with one attached hydrogen (secondary N) is 2. The highest BCUT2D eigenvalue weighted by molar-refractivity contribution is 5.95. The van der Waals surface area contributed by atoms with E-state index >= 15 is 0 Å². The lowest BCUT2D eigenvalue weighted by Crippen LogP contribution is -2.43. The molecular formula is C20H23N5O. The number of pyridine rings is 1. The first kappa shape index (κ1) is 16.6. The molecular weight excluding hydrogens is 326 g/mol. The second kappa shape index (κ2) is 7.17. The van der Waals surface area contributed by atoms with Crippen molar-refractivity contribution >= 4 is 28.3 Å². The van der Waals surface area contributed by atoms with Crippen LogP contribution in [0, 0.1) is 0 Å². The fourth-order valence-electron chi connectivity index (χ4n) is 3.49. The summed E-state index contributed by atoms with van der Waals surface area (Å²) < 4.78 is 2.06. The van der Waals surface area contributed by atoms with Crippen molar-refractivity contribution in [2.45, 2.75) is 6.42 Å². The minimum Gasteiger partial charge on any atom is -0.354 e. The SMILES string of the molecule is Cn1cc(CC(=O)Nc2ccc(N3CCNCC3)nc2)c2ccccc21. The smallest absolute Gasteiger partial charge is 0.228 e. The number of benzene rings is 1. The quantitative estimate of drug-likeness (QED) is 0.758. The van der Waals surface area contributed by atoms with Crippen molar-refractivity contribution in [3.63, 3.8) is 0 Å². The van der Waals surface area contributed by atoms with Gasteiger partial charge in [-0.3, -0.25) is 4.79 Å². The molecule has 0 bridgehead atoms. The van der Waals surface area contributed by atoms with Crippen LogP contribution in [-0.2, 0) is 18.3 Å². The molecule has 0 atom stereocenters. The fraction of sp³-hybridized carbons (Fsp3) is 0.300. The highest BCUT2D eigenvalue weighted by atomic mass is 16.1. The van der Waals surface area contributed by atoms with E-state index in [1.54, 1.807) is 6.20 Å². The summed E-state index contributed by atoms with van der Waals surface area (Å²) in [5.74, 6) is 0.927. The number of carbonyl (C=O) groups excluding carboxylic acids is 1. The number of anilines is 2. The molecule has 1 amide bonds. The van der Waals surface area contributed by atoms with E-state index in [0.717, 1.165) is 54.2 Å². The van der Waals surface area contributed by atoms with Gasteiger partial charge in [0.2, 0.25) is 5.91 Å². The summed E-state index contributed by atoms with van der Waals surface area (Å²) in [5.41, 5.74) is 2.90. The molecule has 3 aromatic rings. The van der Waals surface area contributed by atoms with E-state index in [2.05, 4.69) is 37.2 Å². The van der Waals surface area contributed by atoms with E-state index in [0.29, 0.717) is 6.42 Å². The van der Waals surface area contributed by atoms with Crippen LogP contribution in [0.4, 0.5) is 11.5 Å². The van der Waals surface area contributed by atoms with Gasteiger partial charge in [-0.25, -0.2) is 4.98 Å². The largest absolute Gasteiger partial charge is 0.354 e. The molecule has 4 rings (SSSR count). The molecule has 1 aliphatic rings. The number of aromatic nitrogens is 2. The number of fused-ring (bicyclic) bond motifs is 1. The number of piperazine rings is 1. The number of hydrogen-bond acceptors (Lipinski definition) is 4. The summed E-state index contributed by atoms with van der Waals surface area (Å²) in [4.78, 5) is 19.2. The van der Waals surface area contributed by atoms with Crippen molar-refractivity contribution in [1.82, 2.24) is 14.9 Å². The molecule has 6 nitrogen and oxygen atoms in total. The Bertz CT molecular complexity index is 910. The highest BCUT2D eigenvalue weighted by Crippen LogP contribution is 2.21. The van der Waals surface area contributed by atoms with E-state index in [1.807, 2.05) is 37.5 Å². The third-order valence-electron chi connectivity index (χ3n) is 4.80. The van der Waals surface area contributed by atoms with E-state index in [1.165, 1.54) is 0 Å². The van der Waals surface area contributed by atoms with Crippen molar-refractivity contribution in [3.8, 4) is 0 Å². The van der Waals surface area contributed by atoms with E-state index in [-0.39, 0.29) is 5.91 Å². The molecule has 1 saturated heterocycles. The third-order valence-corrected chi connectivity index (χ3v) is 4.80. The second-order valence-electron chi connectivity index (χ2n) is 6.65. The predicted octanol–water partition coefficient (Wildman–Crippen LogP) is 2.16. The number of hydrogen-bond donors (Lipinski definition) is 2. The maximum absolute atomic E-state index is 12.5. The predicted molar refractivity (Wildman–Crippen MR) is 105 cm³/mol. The van der Waals surface area contributed by atoms with Crippen LogP contribution >= 0.6 is 0 Å². The van der Waals surface area contributed by atoms with Crippen LogP contribution in [0.15, 0.2) is 48.8 Å². The average Bonchev–Trinajstić information content (AvgIpc) is 2.99. The zero-order valence-electron chi connectivity index (χ0n) is 14.9. The van der Waals surface area contributed by atoms with E-state index in [4.69, 9.17) is 0 Å². The van der Waals surface area contributed by atoms with Crippen LogP contribution in [0.5, 0.6) is 0 Å². The van der Waals surface area contributed by atoms with Gasteiger partial charge >= 0.3 is 0 Å². The minimum atomic E-state index is -0.0296. The van der Waals surface area contributed by atoms with Gasteiger partial charge in [0, 0.05) is 50.3 Å². The molecule has 0 aliphatic carbocycles. The van der Waals surface area contributed by atoms with Crippen LogP contribution in [0.1, 0.15) is 5.56 Å². The lowest BCUT2D eigenvalue weighted by atomic mass is 10.1. The van der Waals surface area contributed by atoms with Crippen LogP contribution in [0.25, 0.3) is 10.9 Å². The zero-order chi connectivity index (χ0) is 17.9. The molecule has 0 saturated carbocycles. The van der Waals surface area contributed by atoms with E-state index < -0.39 is 0 Å². The van der Waals surface area contributed by atoms with Crippen LogP contribution in [-0.4, -0.2) is 41.6 Å². The van der Waals surface area contributed by atoms with Crippen molar-refractivity contribution in [2.24, 2.45) is 7.05 Å². The molecule has 6 heteroatoms. The van der Waals surface area contributed by atoms with Gasteiger partial charge in [0.15, 0.2) is 0 Å². The Kier molecular flexibility index (Phi) is 4.58. The third kappa shape index (κ3) is 3.41. The summed E-state index contributed by atoms with van der Waals surface area (Å²) in [6, 6.07) is 12.0. The van der Waals surface area contributed by atoms with Gasteiger partial charge < -0.3 is 20.1 Å². The Morgan fingerprint density at radius 2 is 2.00 bits per heavy atom. The number of nitrogens with zero attached hydrogens (tertiary/aromatic N) is 3. The number of amides is 1. The van der Waals surface area contributed by atoms with Crippen LogP contribution in [0.2, 0.25) is 0 Å². The summed E-state index contributed by atoms with van der Waals surface area (Å²) in [6.45, 7) is 3.87. The number of rotatable bonds is 4.